The quantitative estimate of drug-likeness (QED) is 0.227. The molecule has 3 nitrogen and oxygen atoms in total. The molecule has 0 radical (unpaired) electrons. The average Bonchev–Trinajstić information content (AvgIpc) is 3.32. The van der Waals surface area contributed by atoms with E-state index in [0.717, 1.165) is 33.5 Å². The molecule has 3 heteroatoms. The third kappa shape index (κ3) is 3.20. The maximum absolute atomic E-state index is 5.23. The summed E-state index contributed by atoms with van der Waals surface area (Å²) in [7, 11) is 0. The van der Waals surface area contributed by atoms with Crippen molar-refractivity contribution in [2.75, 3.05) is 0 Å². The molecule has 0 unspecified atom stereocenters. The van der Waals surface area contributed by atoms with Gasteiger partial charge in [-0.2, -0.15) is 0 Å². The number of rotatable bonds is 2. The number of fused-ring (bicyclic) bond motifs is 9. The van der Waals surface area contributed by atoms with Gasteiger partial charge in [0.05, 0.1) is 27.9 Å². The van der Waals surface area contributed by atoms with E-state index in [1.165, 1.54) is 49.7 Å². The van der Waals surface area contributed by atoms with Crippen LogP contribution in [-0.4, -0.2) is 14.5 Å². The van der Waals surface area contributed by atoms with Crippen molar-refractivity contribution in [2.45, 2.75) is 0 Å². The number of para-hydroxylation sites is 3. The summed E-state index contributed by atoms with van der Waals surface area (Å²) < 4.78 is 2.44. The summed E-state index contributed by atoms with van der Waals surface area (Å²) in [6.45, 7) is 0. The van der Waals surface area contributed by atoms with E-state index in [9.17, 15) is 0 Å². The summed E-state index contributed by atoms with van der Waals surface area (Å²) in [5.74, 6) is 0.733. The van der Waals surface area contributed by atoms with Gasteiger partial charge in [0, 0.05) is 38.4 Å². The predicted octanol–water partition coefficient (Wildman–Crippen LogP) is 9.71. The van der Waals surface area contributed by atoms with Gasteiger partial charge in [-0.25, -0.2) is 9.97 Å². The largest absolute Gasteiger partial charge is 0.308 e. The van der Waals surface area contributed by atoms with Crippen molar-refractivity contribution >= 4 is 32.7 Å². The third-order valence-electron chi connectivity index (χ3n) is 8.33. The highest BCUT2D eigenvalue weighted by Crippen LogP contribution is 2.47. The topological polar surface area (TPSA) is 30.7 Å². The maximum Gasteiger partial charge on any atom is 0.160 e. The van der Waals surface area contributed by atoms with Crippen molar-refractivity contribution < 1.29 is 0 Å². The Bertz CT molecular complexity index is 2310. The van der Waals surface area contributed by atoms with Crippen LogP contribution < -0.4 is 0 Å². The molecule has 190 valence electrons. The van der Waals surface area contributed by atoms with Crippen LogP contribution in [0.25, 0.3) is 83.3 Å². The van der Waals surface area contributed by atoms with Gasteiger partial charge in [0.15, 0.2) is 5.82 Å². The summed E-state index contributed by atoms with van der Waals surface area (Å²) >= 11 is 0. The molecular weight excluding hydrogens is 498 g/mol. The van der Waals surface area contributed by atoms with E-state index < -0.39 is 0 Å². The number of nitrogens with zero attached hydrogens (tertiary/aromatic N) is 3. The summed E-state index contributed by atoms with van der Waals surface area (Å²) in [5, 5.41) is 3.49. The second kappa shape index (κ2) is 8.48. The van der Waals surface area contributed by atoms with E-state index in [0.29, 0.717) is 0 Å². The van der Waals surface area contributed by atoms with E-state index >= 15 is 0 Å². The molecule has 41 heavy (non-hydrogen) atoms. The molecule has 8 aromatic rings. The Morgan fingerprint density at radius 3 is 1.95 bits per heavy atom. The maximum atomic E-state index is 5.23. The van der Waals surface area contributed by atoms with E-state index in [2.05, 4.69) is 132 Å². The molecule has 1 aliphatic rings. The number of aromatic nitrogens is 3. The van der Waals surface area contributed by atoms with E-state index in [1.807, 2.05) is 12.1 Å². The lowest BCUT2D eigenvalue weighted by Gasteiger charge is -2.13. The molecule has 2 aromatic heterocycles. The smallest absolute Gasteiger partial charge is 0.160 e. The Hall–Kier alpha value is -5.54. The minimum Gasteiger partial charge on any atom is -0.308 e. The van der Waals surface area contributed by atoms with Crippen LogP contribution in [0.15, 0.2) is 140 Å². The van der Waals surface area contributed by atoms with Gasteiger partial charge in [-0.05, 0) is 41.5 Å². The molecule has 0 atom stereocenters. The molecule has 0 N–H and O–H groups in total. The molecule has 9 rings (SSSR count). The van der Waals surface area contributed by atoms with E-state index in [-0.39, 0.29) is 0 Å². The molecule has 0 bridgehead atoms. The zero-order chi connectivity index (χ0) is 26.9. The fraction of sp³-hybridized carbons (Fsp3) is 0. The molecule has 0 fully saturated rings. The van der Waals surface area contributed by atoms with Gasteiger partial charge in [0.1, 0.15) is 0 Å². The van der Waals surface area contributed by atoms with Crippen molar-refractivity contribution in [1.29, 1.82) is 0 Å². The van der Waals surface area contributed by atoms with Gasteiger partial charge in [0.25, 0.3) is 0 Å². The van der Waals surface area contributed by atoms with Crippen LogP contribution in [0.5, 0.6) is 0 Å². The zero-order valence-electron chi connectivity index (χ0n) is 22.1. The monoisotopic (exact) mass is 521 g/mol. The number of hydrogen-bond donors (Lipinski definition) is 0. The highest BCUT2D eigenvalue weighted by atomic mass is 15.0. The van der Waals surface area contributed by atoms with Crippen molar-refractivity contribution in [3.8, 4) is 50.6 Å². The first-order valence-electron chi connectivity index (χ1n) is 13.9. The van der Waals surface area contributed by atoms with Crippen LogP contribution in [0.4, 0.5) is 0 Å². The second-order valence-electron chi connectivity index (χ2n) is 10.6. The molecule has 3 heterocycles. The molecular formula is C38H23N3. The van der Waals surface area contributed by atoms with Crippen LogP contribution in [0.3, 0.4) is 0 Å². The van der Waals surface area contributed by atoms with Crippen LogP contribution >= 0.6 is 0 Å². The van der Waals surface area contributed by atoms with Gasteiger partial charge in [-0.3, -0.25) is 0 Å². The SMILES string of the molecule is c1ccc(-c2nc(-c3cc4c5c(c3)c3ccccc3n5-c3ccccc3-c3ccccc3-4)nc3ccccc23)cc1. The van der Waals surface area contributed by atoms with Crippen molar-refractivity contribution in [2.24, 2.45) is 0 Å². The third-order valence-corrected chi connectivity index (χ3v) is 8.33. The minimum absolute atomic E-state index is 0.733. The zero-order valence-corrected chi connectivity index (χ0v) is 22.1. The molecule has 0 saturated heterocycles. The highest BCUT2D eigenvalue weighted by molar-refractivity contribution is 6.17. The first-order valence-corrected chi connectivity index (χ1v) is 13.9. The Kier molecular flexibility index (Phi) is 4.61. The average molecular weight is 522 g/mol. The summed E-state index contributed by atoms with van der Waals surface area (Å²) in [5.41, 5.74) is 12.5. The first-order chi connectivity index (χ1) is 20.3. The van der Waals surface area contributed by atoms with Crippen molar-refractivity contribution in [1.82, 2.24) is 14.5 Å². The Morgan fingerprint density at radius 2 is 1.10 bits per heavy atom. The predicted molar refractivity (Wildman–Crippen MR) is 169 cm³/mol. The molecule has 0 amide bonds. The van der Waals surface area contributed by atoms with Gasteiger partial charge in [-0.15, -0.1) is 0 Å². The highest BCUT2D eigenvalue weighted by Gasteiger charge is 2.25. The van der Waals surface area contributed by atoms with E-state index in [4.69, 9.17) is 9.97 Å². The van der Waals surface area contributed by atoms with Crippen LogP contribution in [0.2, 0.25) is 0 Å². The first kappa shape index (κ1) is 22.3. The molecule has 0 saturated carbocycles. The summed E-state index contributed by atoms with van der Waals surface area (Å²) in [6, 6.07) is 49.5. The van der Waals surface area contributed by atoms with Gasteiger partial charge in [0.2, 0.25) is 0 Å². The normalized spacial score (nSPS) is 11.9. The standard InChI is InChI=1S/C38H23N3/c1-2-12-24(13-3-1)36-30-18-6-9-19-33(30)39-38(40-36)25-22-31-27-15-5-4-14-26(27)28-16-7-10-20-34(28)41-35-21-11-8-17-29(35)32(23-25)37(31)41/h1-23H. The Labute approximate surface area is 237 Å². The van der Waals surface area contributed by atoms with Gasteiger partial charge < -0.3 is 4.57 Å². The van der Waals surface area contributed by atoms with Gasteiger partial charge >= 0.3 is 0 Å². The lowest BCUT2D eigenvalue weighted by Crippen LogP contribution is -1.97. The Morgan fingerprint density at radius 1 is 0.439 bits per heavy atom. The lowest BCUT2D eigenvalue weighted by molar-refractivity contribution is 1.19. The molecule has 0 spiro atoms. The van der Waals surface area contributed by atoms with E-state index in [1.54, 1.807) is 0 Å². The molecule has 6 aromatic carbocycles. The van der Waals surface area contributed by atoms with Crippen molar-refractivity contribution in [3.05, 3.63) is 140 Å². The summed E-state index contributed by atoms with van der Waals surface area (Å²) in [6.07, 6.45) is 0. The minimum atomic E-state index is 0.733. The van der Waals surface area contributed by atoms with Crippen molar-refractivity contribution in [3.63, 3.8) is 0 Å². The Balaban J connectivity index is 1.43. The fourth-order valence-corrected chi connectivity index (χ4v) is 6.55. The van der Waals surface area contributed by atoms with Crippen LogP contribution in [-0.2, 0) is 0 Å². The lowest BCUT2D eigenvalue weighted by atomic mass is 9.92. The number of hydrogen-bond acceptors (Lipinski definition) is 2. The summed E-state index contributed by atoms with van der Waals surface area (Å²) in [4.78, 5) is 10.3. The fourth-order valence-electron chi connectivity index (χ4n) is 6.55. The van der Waals surface area contributed by atoms with Crippen LogP contribution in [0.1, 0.15) is 0 Å². The van der Waals surface area contributed by atoms with Crippen LogP contribution in [0, 0.1) is 0 Å². The molecule has 0 aliphatic carbocycles. The molecule has 1 aliphatic heterocycles. The number of benzene rings is 6. The van der Waals surface area contributed by atoms with Gasteiger partial charge in [-0.1, -0.05) is 109 Å². The second-order valence-corrected chi connectivity index (χ2v) is 10.6.